The lowest BCUT2D eigenvalue weighted by Gasteiger charge is -2.35. The number of nitrogens with zero attached hydrogens (tertiary/aromatic N) is 5. The fourth-order valence-corrected chi connectivity index (χ4v) is 4.11. The van der Waals surface area contributed by atoms with Crippen LogP contribution in [0.3, 0.4) is 0 Å². The van der Waals surface area contributed by atoms with Gasteiger partial charge in [-0.15, -0.1) is 0 Å². The van der Waals surface area contributed by atoms with E-state index in [0.29, 0.717) is 5.56 Å². The fourth-order valence-electron chi connectivity index (χ4n) is 4.11. The molecule has 0 bridgehead atoms. The number of likely N-dealkylation sites (N-methyl/N-ethyl adjacent to an activating group) is 1. The largest absolute Gasteiger partial charge is 0.369 e. The number of aryl methyl sites for hydroxylation is 2. The fraction of sp³-hybridized carbons (Fsp3) is 0.381. The third-order valence-corrected chi connectivity index (χ3v) is 5.77. The van der Waals surface area contributed by atoms with E-state index in [4.69, 9.17) is 0 Å². The standard InChI is InChI=1S/C21H25N7O/c1-13-12-28-19(14(2)22-13)11-18(25-28)20-23-17-5-4-15(10-16(17)21(29)24-20)27-8-6-26(3)7-9-27/h4-5,10-12,20,23H,6-9H2,1-3H3,(H,24,29). The highest BCUT2D eigenvalue weighted by molar-refractivity contribution is 6.02. The van der Waals surface area contributed by atoms with E-state index >= 15 is 0 Å². The van der Waals surface area contributed by atoms with E-state index in [1.54, 1.807) is 0 Å². The molecule has 5 rings (SSSR count). The number of hydrogen-bond donors (Lipinski definition) is 2. The molecule has 0 aliphatic carbocycles. The van der Waals surface area contributed by atoms with Crippen LogP contribution in [0.2, 0.25) is 0 Å². The van der Waals surface area contributed by atoms with Crippen molar-refractivity contribution < 1.29 is 4.79 Å². The van der Waals surface area contributed by atoms with E-state index in [1.165, 1.54) is 0 Å². The Morgan fingerprint density at radius 3 is 2.66 bits per heavy atom. The van der Waals surface area contributed by atoms with Crippen LogP contribution in [0.1, 0.15) is 33.6 Å². The molecule has 2 aliphatic rings. The Bertz CT molecular complexity index is 1100. The minimum Gasteiger partial charge on any atom is -0.369 e. The first-order valence-electron chi connectivity index (χ1n) is 9.96. The lowest BCUT2D eigenvalue weighted by Crippen LogP contribution is -2.44. The van der Waals surface area contributed by atoms with Gasteiger partial charge >= 0.3 is 0 Å². The number of benzene rings is 1. The number of piperazine rings is 1. The zero-order valence-corrected chi connectivity index (χ0v) is 16.9. The zero-order valence-electron chi connectivity index (χ0n) is 16.9. The van der Waals surface area contributed by atoms with Crippen molar-refractivity contribution in [2.45, 2.75) is 20.0 Å². The summed E-state index contributed by atoms with van der Waals surface area (Å²) < 4.78 is 1.83. The molecular weight excluding hydrogens is 366 g/mol. The first-order chi connectivity index (χ1) is 14.0. The van der Waals surface area contributed by atoms with Gasteiger partial charge in [-0.25, -0.2) is 4.52 Å². The highest BCUT2D eigenvalue weighted by atomic mass is 16.2. The minimum absolute atomic E-state index is 0.0807. The monoisotopic (exact) mass is 391 g/mol. The van der Waals surface area contributed by atoms with Crippen molar-refractivity contribution in [3.05, 3.63) is 53.1 Å². The Morgan fingerprint density at radius 1 is 1.07 bits per heavy atom. The van der Waals surface area contributed by atoms with Gasteiger partial charge < -0.3 is 20.4 Å². The molecule has 2 aromatic heterocycles. The molecule has 1 aromatic carbocycles. The van der Waals surface area contributed by atoms with E-state index in [-0.39, 0.29) is 12.1 Å². The van der Waals surface area contributed by atoms with Crippen LogP contribution in [0.4, 0.5) is 11.4 Å². The number of carbonyl (C=O) groups is 1. The van der Waals surface area contributed by atoms with Crippen LogP contribution in [-0.2, 0) is 0 Å². The molecule has 150 valence electrons. The Balaban J connectivity index is 1.42. The van der Waals surface area contributed by atoms with Gasteiger partial charge in [-0.3, -0.25) is 9.78 Å². The summed E-state index contributed by atoms with van der Waals surface area (Å²) in [4.78, 5) is 22.0. The Morgan fingerprint density at radius 2 is 1.86 bits per heavy atom. The molecule has 1 saturated heterocycles. The molecule has 29 heavy (non-hydrogen) atoms. The Labute approximate surface area is 169 Å². The van der Waals surface area contributed by atoms with Gasteiger partial charge in [0.1, 0.15) is 11.9 Å². The molecule has 2 aliphatic heterocycles. The van der Waals surface area contributed by atoms with Gasteiger partial charge in [0.2, 0.25) is 0 Å². The number of aromatic nitrogens is 3. The number of rotatable bonds is 2. The first-order valence-corrected chi connectivity index (χ1v) is 9.96. The van der Waals surface area contributed by atoms with Gasteiger partial charge in [-0.05, 0) is 45.2 Å². The van der Waals surface area contributed by atoms with Crippen LogP contribution >= 0.6 is 0 Å². The average molecular weight is 391 g/mol. The van der Waals surface area contributed by atoms with Crippen LogP contribution in [0.5, 0.6) is 0 Å². The molecule has 1 amide bonds. The molecule has 3 aromatic rings. The van der Waals surface area contributed by atoms with Crippen LogP contribution in [0.25, 0.3) is 5.52 Å². The predicted octanol–water partition coefficient (Wildman–Crippen LogP) is 1.95. The molecule has 0 saturated carbocycles. The normalized spacial score (nSPS) is 19.8. The molecule has 1 atom stereocenters. The summed E-state index contributed by atoms with van der Waals surface area (Å²) in [6.45, 7) is 7.93. The summed E-state index contributed by atoms with van der Waals surface area (Å²) in [5, 5.41) is 11.1. The maximum absolute atomic E-state index is 12.9. The molecule has 1 fully saturated rings. The van der Waals surface area contributed by atoms with Gasteiger partial charge in [0, 0.05) is 37.6 Å². The van der Waals surface area contributed by atoms with Crippen molar-refractivity contribution in [2.24, 2.45) is 0 Å². The number of fused-ring (bicyclic) bond motifs is 2. The van der Waals surface area contributed by atoms with Crippen LogP contribution in [-0.4, -0.2) is 58.6 Å². The highest BCUT2D eigenvalue weighted by Crippen LogP contribution is 2.30. The second kappa shape index (κ2) is 6.73. The molecular formula is C21H25N7O. The summed E-state index contributed by atoms with van der Waals surface area (Å²) in [6.07, 6.45) is 1.52. The summed E-state index contributed by atoms with van der Waals surface area (Å²) in [5.41, 5.74) is 6.14. The Kier molecular flexibility index (Phi) is 4.16. The summed E-state index contributed by atoms with van der Waals surface area (Å²) in [7, 11) is 2.14. The average Bonchev–Trinajstić information content (AvgIpc) is 3.13. The number of anilines is 2. The van der Waals surface area contributed by atoms with Crippen molar-refractivity contribution in [1.29, 1.82) is 0 Å². The van der Waals surface area contributed by atoms with Gasteiger partial charge in [0.05, 0.1) is 28.7 Å². The lowest BCUT2D eigenvalue weighted by molar-refractivity contribution is 0.0935. The quantitative estimate of drug-likeness (QED) is 0.695. The van der Waals surface area contributed by atoms with Crippen LogP contribution in [0.15, 0.2) is 30.5 Å². The molecule has 4 heterocycles. The van der Waals surface area contributed by atoms with E-state index in [0.717, 1.165) is 60.2 Å². The minimum atomic E-state index is -0.371. The van der Waals surface area contributed by atoms with Crippen molar-refractivity contribution in [1.82, 2.24) is 24.8 Å². The summed E-state index contributed by atoms with van der Waals surface area (Å²) in [6, 6.07) is 8.05. The van der Waals surface area contributed by atoms with Crippen molar-refractivity contribution in [3.63, 3.8) is 0 Å². The highest BCUT2D eigenvalue weighted by Gasteiger charge is 2.28. The van der Waals surface area contributed by atoms with E-state index in [1.807, 2.05) is 42.8 Å². The number of nitrogens with one attached hydrogen (secondary N) is 2. The molecule has 8 nitrogen and oxygen atoms in total. The maximum atomic E-state index is 12.9. The van der Waals surface area contributed by atoms with Crippen molar-refractivity contribution in [3.8, 4) is 0 Å². The zero-order chi connectivity index (χ0) is 20.1. The van der Waals surface area contributed by atoms with Crippen LogP contribution in [0, 0.1) is 13.8 Å². The summed E-state index contributed by atoms with van der Waals surface area (Å²) >= 11 is 0. The SMILES string of the molecule is Cc1cn2nc(C3NC(=O)c4cc(N5CCN(C)CC5)ccc4N3)cc2c(C)n1. The van der Waals surface area contributed by atoms with E-state index < -0.39 is 0 Å². The molecule has 8 heteroatoms. The summed E-state index contributed by atoms with van der Waals surface area (Å²) in [5.74, 6) is -0.0807. The van der Waals surface area contributed by atoms with E-state index in [2.05, 4.69) is 43.6 Å². The van der Waals surface area contributed by atoms with E-state index in [9.17, 15) is 4.79 Å². The van der Waals surface area contributed by atoms with Gasteiger partial charge in [0.25, 0.3) is 5.91 Å². The molecule has 0 spiro atoms. The van der Waals surface area contributed by atoms with Crippen molar-refractivity contribution in [2.75, 3.05) is 43.4 Å². The second-order valence-electron chi connectivity index (χ2n) is 7.94. The molecule has 0 radical (unpaired) electrons. The third kappa shape index (κ3) is 3.19. The topological polar surface area (TPSA) is 77.8 Å². The third-order valence-electron chi connectivity index (χ3n) is 5.77. The first kappa shape index (κ1) is 17.9. The molecule has 2 N–H and O–H groups in total. The number of hydrogen-bond acceptors (Lipinski definition) is 6. The second-order valence-corrected chi connectivity index (χ2v) is 7.94. The van der Waals surface area contributed by atoms with Gasteiger partial charge in [-0.1, -0.05) is 0 Å². The maximum Gasteiger partial charge on any atom is 0.255 e. The van der Waals surface area contributed by atoms with Gasteiger partial charge in [-0.2, -0.15) is 5.10 Å². The number of amides is 1. The number of carbonyl (C=O) groups excluding carboxylic acids is 1. The molecule has 1 unspecified atom stereocenters. The predicted molar refractivity (Wildman–Crippen MR) is 112 cm³/mol. The smallest absolute Gasteiger partial charge is 0.255 e. The lowest BCUT2D eigenvalue weighted by atomic mass is 10.1. The van der Waals surface area contributed by atoms with Gasteiger partial charge in [0.15, 0.2) is 0 Å². The Hall–Kier alpha value is -3.13. The van der Waals surface area contributed by atoms with Crippen molar-refractivity contribution >= 4 is 22.8 Å². The van der Waals surface area contributed by atoms with Crippen LogP contribution < -0.4 is 15.5 Å².